The van der Waals surface area contributed by atoms with Crippen molar-refractivity contribution in [1.82, 2.24) is 15.1 Å². The summed E-state index contributed by atoms with van der Waals surface area (Å²) in [6.45, 7) is 3.69. The number of nitriles is 1. The Hall–Kier alpha value is -2.32. The Morgan fingerprint density at radius 3 is 2.95 bits per heavy atom. The number of ether oxygens (including phenoxy) is 1. The molecule has 0 aliphatic carbocycles. The molecule has 2 rings (SSSR count). The second kappa shape index (κ2) is 6.03. The molecular weight excluding hydrogens is 240 g/mol. The zero-order chi connectivity index (χ0) is 13.7. The van der Waals surface area contributed by atoms with Crippen LogP contribution in [0.5, 0.6) is 11.5 Å². The average Bonchev–Trinajstić information content (AvgIpc) is 2.83. The Balaban J connectivity index is 2.19. The van der Waals surface area contributed by atoms with Crippen LogP contribution in [-0.4, -0.2) is 16.3 Å². The van der Waals surface area contributed by atoms with Crippen LogP contribution in [0.3, 0.4) is 0 Å². The lowest BCUT2D eigenvalue weighted by Gasteiger charge is -2.07. The van der Waals surface area contributed by atoms with E-state index in [9.17, 15) is 5.26 Å². The lowest BCUT2D eigenvalue weighted by molar-refractivity contribution is 0.480. The molecule has 1 aromatic carbocycles. The van der Waals surface area contributed by atoms with Crippen molar-refractivity contribution in [2.45, 2.75) is 13.5 Å². The lowest BCUT2D eigenvalue weighted by Crippen LogP contribution is -2.11. The summed E-state index contributed by atoms with van der Waals surface area (Å²) < 4.78 is 7.31. The van der Waals surface area contributed by atoms with Crippen molar-refractivity contribution in [2.75, 3.05) is 6.54 Å². The first-order chi connectivity index (χ1) is 9.22. The van der Waals surface area contributed by atoms with Gasteiger partial charge in [0.15, 0.2) is 5.75 Å². The van der Waals surface area contributed by atoms with Gasteiger partial charge in [-0.1, -0.05) is 13.0 Å². The second-order valence-electron chi connectivity index (χ2n) is 4.17. The molecule has 0 bridgehead atoms. The smallest absolute Gasteiger partial charge is 0.165 e. The van der Waals surface area contributed by atoms with E-state index in [1.165, 1.54) is 0 Å². The predicted octanol–water partition coefficient (Wildman–Crippen LogP) is 2.19. The second-order valence-corrected chi connectivity index (χ2v) is 4.17. The molecule has 0 unspecified atom stereocenters. The SMILES string of the molecule is CCNCc1ccc(Oc2cnn(C)c2)c(C#N)c1. The molecule has 0 spiro atoms. The number of rotatable bonds is 5. The van der Waals surface area contributed by atoms with E-state index in [0.29, 0.717) is 17.1 Å². The minimum absolute atomic E-state index is 0.527. The van der Waals surface area contributed by atoms with Crippen LogP contribution in [0.25, 0.3) is 0 Å². The summed E-state index contributed by atoms with van der Waals surface area (Å²) in [6, 6.07) is 7.77. The van der Waals surface area contributed by atoms with Gasteiger partial charge in [0, 0.05) is 13.6 Å². The molecule has 1 heterocycles. The summed E-state index contributed by atoms with van der Waals surface area (Å²) in [5, 5.41) is 16.4. The molecule has 0 radical (unpaired) electrons. The first kappa shape index (κ1) is 13.1. The quantitative estimate of drug-likeness (QED) is 0.890. The van der Waals surface area contributed by atoms with Crippen molar-refractivity contribution >= 4 is 0 Å². The number of hydrogen-bond acceptors (Lipinski definition) is 4. The molecule has 0 fully saturated rings. The van der Waals surface area contributed by atoms with E-state index < -0.39 is 0 Å². The van der Waals surface area contributed by atoms with Gasteiger partial charge in [-0.25, -0.2) is 0 Å². The maximum absolute atomic E-state index is 9.18. The van der Waals surface area contributed by atoms with E-state index in [0.717, 1.165) is 18.7 Å². The molecule has 1 aromatic heterocycles. The molecule has 1 N–H and O–H groups in total. The van der Waals surface area contributed by atoms with Gasteiger partial charge in [0.2, 0.25) is 0 Å². The maximum atomic E-state index is 9.18. The van der Waals surface area contributed by atoms with Gasteiger partial charge in [-0.15, -0.1) is 0 Å². The first-order valence-corrected chi connectivity index (χ1v) is 6.13. The summed E-state index contributed by atoms with van der Waals surface area (Å²) in [5.74, 6) is 1.18. The topological polar surface area (TPSA) is 62.9 Å². The van der Waals surface area contributed by atoms with E-state index in [1.54, 1.807) is 17.1 Å². The largest absolute Gasteiger partial charge is 0.453 e. The highest BCUT2D eigenvalue weighted by Gasteiger charge is 2.07. The monoisotopic (exact) mass is 256 g/mol. The first-order valence-electron chi connectivity index (χ1n) is 6.13. The minimum atomic E-state index is 0.527. The van der Waals surface area contributed by atoms with Gasteiger partial charge in [-0.3, -0.25) is 4.68 Å². The molecule has 0 atom stereocenters. The van der Waals surface area contributed by atoms with Gasteiger partial charge in [0.05, 0.1) is 18.0 Å². The molecule has 0 aliphatic rings. The molecule has 0 amide bonds. The summed E-state index contributed by atoms with van der Waals surface area (Å²) in [4.78, 5) is 0. The Bertz CT molecular complexity index is 598. The highest BCUT2D eigenvalue weighted by molar-refractivity contribution is 5.47. The Labute approximate surface area is 112 Å². The van der Waals surface area contributed by atoms with Crippen molar-refractivity contribution in [3.05, 3.63) is 41.7 Å². The van der Waals surface area contributed by atoms with Crippen LogP contribution in [0, 0.1) is 11.3 Å². The molecular formula is C14H16N4O. The van der Waals surface area contributed by atoms with Crippen LogP contribution in [0.2, 0.25) is 0 Å². The summed E-state index contributed by atoms with van der Waals surface area (Å²) in [7, 11) is 1.82. The van der Waals surface area contributed by atoms with Crippen LogP contribution in [0.15, 0.2) is 30.6 Å². The molecule has 5 heteroatoms. The third-order valence-electron chi connectivity index (χ3n) is 2.65. The third kappa shape index (κ3) is 3.33. The van der Waals surface area contributed by atoms with Gasteiger partial charge in [-0.05, 0) is 24.2 Å². The van der Waals surface area contributed by atoms with Gasteiger partial charge in [0.25, 0.3) is 0 Å². The average molecular weight is 256 g/mol. The third-order valence-corrected chi connectivity index (χ3v) is 2.65. The highest BCUT2D eigenvalue weighted by atomic mass is 16.5. The number of aryl methyl sites for hydroxylation is 1. The number of aromatic nitrogens is 2. The maximum Gasteiger partial charge on any atom is 0.165 e. The van der Waals surface area contributed by atoms with Gasteiger partial charge >= 0.3 is 0 Å². The van der Waals surface area contributed by atoms with Crippen molar-refractivity contribution < 1.29 is 4.74 Å². The molecule has 98 valence electrons. The van der Waals surface area contributed by atoms with Crippen molar-refractivity contribution in [3.63, 3.8) is 0 Å². The number of nitrogens with one attached hydrogen (secondary N) is 1. The van der Waals surface area contributed by atoms with Gasteiger partial charge in [-0.2, -0.15) is 10.4 Å². The fourth-order valence-electron chi connectivity index (χ4n) is 1.71. The highest BCUT2D eigenvalue weighted by Crippen LogP contribution is 2.25. The van der Waals surface area contributed by atoms with E-state index >= 15 is 0 Å². The standard InChI is InChI=1S/C14H16N4O/c1-3-16-8-11-4-5-14(12(6-11)7-15)19-13-9-17-18(2)10-13/h4-6,9-10,16H,3,8H2,1-2H3. The van der Waals surface area contributed by atoms with Crippen molar-refractivity contribution in [2.24, 2.45) is 7.05 Å². The summed E-state index contributed by atoms with van der Waals surface area (Å²) in [5.41, 5.74) is 1.59. The van der Waals surface area contributed by atoms with E-state index in [4.69, 9.17) is 4.74 Å². The van der Waals surface area contributed by atoms with Crippen LogP contribution in [0.4, 0.5) is 0 Å². The van der Waals surface area contributed by atoms with Gasteiger partial charge in [0.1, 0.15) is 11.8 Å². The zero-order valence-electron chi connectivity index (χ0n) is 11.1. The zero-order valence-corrected chi connectivity index (χ0v) is 11.1. The predicted molar refractivity (Wildman–Crippen MR) is 71.8 cm³/mol. The Kier molecular flexibility index (Phi) is 4.16. The number of benzene rings is 1. The lowest BCUT2D eigenvalue weighted by atomic mass is 10.1. The Morgan fingerprint density at radius 1 is 1.47 bits per heavy atom. The molecule has 0 saturated heterocycles. The normalized spacial score (nSPS) is 10.2. The number of hydrogen-bond donors (Lipinski definition) is 1. The van der Waals surface area contributed by atoms with Crippen molar-refractivity contribution in [3.8, 4) is 17.6 Å². The fraction of sp³-hybridized carbons (Fsp3) is 0.286. The van der Waals surface area contributed by atoms with Gasteiger partial charge < -0.3 is 10.1 Å². The van der Waals surface area contributed by atoms with Crippen molar-refractivity contribution in [1.29, 1.82) is 5.26 Å². The molecule has 0 saturated carbocycles. The summed E-state index contributed by atoms with van der Waals surface area (Å²) in [6.07, 6.45) is 3.38. The van der Waals surface area contributed by atoms with E-state index in [-0.39, 0.29) is 0 Å². The molecule has 19 heavy (non-hydrogen) atoms. The summed E-state index contributed by atoms with van der Waals surface area (Å²) >= 11 is 0. The molecule has 5 nitrogen and oxygen atoms in total. The van der Waals surface area contributed by atoms with Crippen LogP contribution in [0.1, 0.15) is 18.1 Å². The number of nitrogens with zero attached hydrogens (tertiary/aromatic N) is 3. The fourth-order valence-corrected chi connectivity index (χ4v) is 1.71. The molecule has 2 aromatic rings. The Morgan fingerprint density at radius 2 is 2.32 bits per heavy atom. The van der Waals surface area contributed by atoms with E-state index in [2.05, 4.69) is 16.5 Å². The van der Waals surface area contributed by atoms with E-state index in [1.807, 2.05) is 32.2 Å². The minimum Gasteiger partial charge on any atom is -0.453 e. The van der Waals surface area contributed by atoms with Crippen LogP contribution >= 0.6 is 0 Å². The molecule has 0 aliphatic heterocycles. The van der Waals surface area contributed by atoms with Crippen LogP contribution in [-0.2, 0) is 13.6 Å². The van der Waals surface area contributed by atoms with Crippen LogP contribution < -0.4 is 10.1 Å².